The zero-order valence-electron chi connectivity index (χ0n) is 14.8. The number of aromatic nitrogens is 2. The second kappa shape index (κ2) is 8.14. The van der Waals surface area contributed by atoms with Gasteiger partial charge in [0.15, 0.2) is 0 Å². The summed E-state index contributed by atoms with van der Waals surface area (Å²) in [6, 6.07) is 21.8. The summed E-state index contributed by atoms with van der Waals surface area (Å²) in [6.07, 6.45) is 0. The van der Waals surface area contributed by atoms with Gasteiger partial charge >= 0.3 is 0 Å². The molecular weight excluding hydrogens is 360 g/mol. The number of hydrogen-bond donors (Lipinski definition) is 0. The van der Waals surface area contributed by atoms with Gasteiger partial charge in [0, 0.05) is 11.3 Å². The fourth-order valence-electron chi connectivity index (χ4n) is 2.66. The van der Waals surface area contributed by atoms with E-state index in [-0.39, 0.29) is 0 Å². The number of fused-ring (bicyclic) bond motifs is 1. The molecule has 1 heterocycles. The van der Waals surface area contributed by atoms with Gasteiger partial charge in [-0.25, -0.2) is 0 Å². The molecule has 1 aromatic heterocycles. The summed E-state index contributed by atoms with van der Waals surface area (Å²) >= 11 is 1.48. The maximum atomic E-state index is 5.83. The van der Waals surface area contributed by atoms with Crippen molar-refractivity contribution >= 4 is 22.5 Å². The molecule has 0 N–H and O–H groups in total. The van der Waals surface area contributed by atoms with E-state index in [9.17, 15) is 0 Å². The van der Waals surface area contributed by atoms with Crippen LogP contribution < -0.4 is 9.47 Å². The van der Waals surface area contributed by atoms with E-state index in [1.807, 2.05) is 42.5 Å². The Hall–Kier alpha value is -2.99. The average Bonchev–Trinajstić information content (AvgIpc) is 3.20. The Morgan fingerprint density at radius 3 is 2.48 bits per heavy atom. The Morgan fingerprint density at radius 2 is 1.67 bits per heavy atom. The molecule has 4 rings (SSSR count). The van der Waals surface area contributed by atoms with Crippen LogP contribution in [0.3, 0.4) is 0 Å². The lowest BCUT2D eigenvalue weighted by Crippen LogP contribution is -1.99. The van der Waals surface area contributed by atoms with Crippen molar-refractivity contribution in [2.45, 2.75) is 5.22 Å². The summed E-state index contributed by atoms with van der Waals surface area (Å²) in [7, 11) is 1.64. The first kappa shape index (κ1) is 17.4. The van der Waals surface area contributed by atoms with E-state index in [2.05, 4.69) is 34.5 Å². The molecule has 0 spiro atoms. The Balaban J connectivity index is 1.30. The summed E-state index contributed by atoms with van der Waals surface area (Å²) in [5, 5.41) is 11.1. The zero-order chi connectivity index (χ0) is 18.5. The summed E-state index contributed by atoms with van der Waals surface area (Å²) < 4.78 is 16.7. The molecule has 3 aromatic carbocycles. The maximum Gasteiger partial charge on any atom is 0.276 e. The molecule has 27 heavy (non-hydrogen) atoms. The highest BCUT2D eigenvalue weighted by Crippen LogP contribution is 2.25. The molecule has 0 saturated heterocycles. The van der Waals surface area contributed by atoms with Gasteiger partial charge in [-0.1, -0.05) is 42.1 Å². The van der Waals surface area contributed by atoms with E-state index >= 15 is 0 Å². The molecule has 5 nitrogen and oxygen atoms in total. The van der Waals surface area contributed by atoms with E-state index in [0.29, 0.717) is 17.7 Å². The first-order chi connectivity index (χ1) is 13.3. The van der Waals surface area contributed by atoms with Crippen LogP contribution in [0.4, 0.5) is 0 Å². The number of benzene rings is 3. The minimum Gasteiger partial charge on any atom is -0.497 e. The zero-order valence-corrected chi connectivity index (χ0v) is 15.6. The SMILES string of the molecule is COc1ccc(-c2nnc(SCCOc3ccc4ccccc4c3)o2)cc1. The normalized spacial score (nSPS) is 10.9. The average molecular weight is 378 g/mol. The van der Waals surface area contributed by atoms with Gasteiger partial charge in [0.1, 0.15) is 11.5 Å². The van der Waals surface area contributed by atoms with Gasteiger partial charge in [0.2, 0.25) is 5.89 Å². The van der Waals surface area contributed by atoms with Crippen molar-refractivity contribution in [1.82, 2.24) is 10.2 Å². The molecule has 136 valence electrons. The molecule has 6 heteroatoms. The Labute approximate surface area is 161 Å². The van der Waals surface area contributed by atoms with Crippen LogP contribution in [0.25, 0.3) is 22.2 Å². The van der Waals surface area contributed by atoms with Crippen LogP contribution in [0.5, 0.6) is 11.5 Å². The number of thioether (sulfide) groups is 1. The first-order valence-electron chi connectivity index (χ1n) is 8.54. The lowest BCUT2D eigenvalue weighted by atomic mass is 10.1. The van der Waals surface area contributed by atoms with Crippen LogP contribution in [-0.2, 0) is 0 Å². The van der Waals surface area contributed by atoms with Crippen molar-refractivity contribution in [1.29, 1.82) is 0 Å². The highest BCUT2D eigenvalue weighted by atomic mass is 32.2. The van der Waals surface area contributed by atoms with Gasteiger partial charge in [-0.3, -0.25) is 0 Å². The molecule has 0 saturated carbocycles. The smallest absolute Gasteiger partial charge is 0.276 e. The standard InChI is InChI=1S/C21H18N2O3S/c1-24-18-9-7-16(8-10-18)20-22-23-21(26-20)27-13-12-25-19-11-6-15-4-2-3-5-17(15)14-19/h2-11,14H,12-13H2,1H3. The Morgan fingerprint density at radius 1 is 0.889 bits per heavy atom. The third-order valence-corrected chi connectivity index (χ3v) is 4.82. The number of methoxy groups -OCH3 is 1. The van der Waals surface area contributed by atoms with Crippen LogP contribution in [-0.4, -0.2) is 29.7 Å². The second-order valence-electron chi connectivity index (χ2n) is 5.81. The van der Waals surface area contributed by atoms with Gasteiger partial charge < -0.3 is 13.9 Å². The summed E-state index contributed by atoms with van der Waals surface area (Å²) in [4.78, 5) is 0. The fraction of sp³-hybridized carbons (Fsp3) is 0.143. The summed E-state index contributed by atoms with van der Waals surface area (Å²) in [5.41, 5.74) is 0.863. The molecule has 0 amide bonds. The number of hydrogen-bond acceptors (Lipinski definition) is 6. The molecular formula is C21H18N2O3S. The highest BCUT2D eigenvalue weighted by Gasteiger charge is 2.09. The van der Waals surface area contributed by atoms with Crippen LogP contribution in [0.15, 0.2) is 76.4 Å². The third kappa shape index (κ3) is 4.23. The highest BCUT2D eigenvalue weighted by molar-refractivity contribution is 7.99. The minimum absolute atomic E-state index is 0.496. The topological polar surface area (TPSA) is 57.4 Å². The van der Waals surface area contributed by atoms with Gasteiger partial charge in [-0.05, 0) is 47.2 Å². The molecule has 0 aliphatic carbocycles. The van der Waals surface area contributed by atoms with Gasteiger partial charge in [0.25, 0.3) is 5.22 Å². The van der Waals surface area contributed by atoms with Crippen LogP contribution >= 0.6 is 11.8 Å². The predicted octanol–water partition coefficient (Wildman–Crippen LogP) is 5.07. The molecule has 0 atom stereocenters. The van der Waals surface area contributed by atoms with Crippen molar-refractivity contribution in [2.75, 3.05) is 19.5 Å². The molecule has 0 aliphatic heterocycles. The molecule has 4 aromatic rings. The fourth-order valence-corrected chi connectivity index (χ4v) is 3.24. The van der Waals surface area contributed by atoms with Crippen molar-refractivity contribution in [2.24, 2.45) is 0 Å². The Bertz CT molecular complexity index is 1030. The van der Waals surface area contributed by atoms with Crippen molar-refractivity contribution in [3.05, 3.63) is 66.7 Å². The Kier molecular flexibility index (Phi) is 5.25. The van der Waals surface area contributed by atoms with E-state index in [1.54, 1.807) is 7.11 Å². The van der Waals surface area contributed by atoms with Crippen LogP contribution in [0.1, 0.15) is 0 Å². The minimum atomic E-state index is 0.496. The summed E-state index contributed by atoms with van der Waals surface area (Å²) in [5.74, 6) is 2.87. The van der Waals surface area contributed by atoms with Crippen molar-refractivity contribution in [3.8, 4) is 23.0 Å². The van der Waals surface area contributed by atoms with E-state index in [4.69, 9.17) is 13.9 Å². The predicted molar refractivity (Wildman–Crippen MR) is 106 cm³/mol. The lowest BCUT2D eigenvalue weighted by Gasteiger charge is -2.06. The number of nitrogens with zero attached hydrogens (tertiary/aromatic N) is 2. The lowest BCUT2D eigenvalue weighted by molar-refractivity contribution is 0.343. The number of ether oxygens (including phenoxy) is 2. The maximum absolute atomic E-state index is 5.83. The van der Waals surface area contributed by atoms with Crippen LogP contribution in [0, 0.1) is 0 Å². The van der Waals surface area contributed by atoms with E-state index < -0.39 is 0 Å². The van der Waals surface area contributed by atoms with Crippen LogP contribution in [0.2, 0.25) is 0 Å². The molecule has 0 radical (unpaired) electrons. The molecule has 0 fully saturated rings. The quantitative estimate of drug-likeness (QED) is 0.331. The van der Waals surface area contributed by atoms with Gasteiger partial charge in [-0.15, -0.1) is 10.2 Å². The second-order valence-corrected chi connectivity index (χ2v) is 6.85. The monoisotopic (exact) mass is 378 g/mol. The first-order valence-corrected chi connectivity index (χ1v) is 9.53. The number of rotatable bonds is 7. The van der Waals surface area contributed by atoms with E-state index in [0.717, 1.165) is 22.8 Å². The molecule has 0 unspecified atom stereocenters. The molecule has 0 aliphatic rings. The third-order valence-electron chi connectivity index (χ3n) is 4.04. The summed E-state index contributed by atoms with van der Waals surface area (Å²) in [6.45, 7) is 0.559. The van der Waals surface area contributed by atoms with Gasteiger partial charge in [0.05, 0.1) is 13.7 Å². The molecule has 0 bridgehead atoms. The largest absolute Gasteiger partial charge is 0.497 e. The van der Waals surface area contributed by atoms with Crippen molar-refractivity contribution in [3.63, 3.8) is 0 Å². The van der Waals surface area contributed by atoms with Gasteiger partial charge in [-0.2, -0.15) is 0 Å². The van der Waals surface area contributed by atoms with E-state index in [1.165, 1.54) is 22.5 Å². The van der Waals surface area contributed by atoms with Crippen molar-refractivity contribution < 1.29 is 13.9 Å².